The first-order valence-electron chi connectivity index (χ1n) is 10.3. The molecule has 0 radical (unpaired) electrons. The minimum Gasteiger partial charge on any atom is -0.377 e. The van der Waals surface area contributed by atoms with Gasteiger partial charge < -0.3 is 19.9 Å². The minimum atomic E-state index is -0.445. The normalized spacial score (nSPS) is 11.9. The summed E-state index contributed by atoms with van der Waals surface area (Å²) in [5.41, 5.74) is 2.73. The number of anilines is 2. The third-order valence-corrected chi connectivity index (χ3v) is 5.25. The number of hydrogen-bond donors (Lipinski definition) is 1. The van der Waals surface area contributed by atoms with E-state index in [9.17, 15) is 14.0 Å². The third kappa shape index (κ3) is 6.52. The molecule has 0 heterocycles. The number of amides is 2. The van der Waals surface area contributed by atoms with Crippen molar-refractivity contribution in [3.8, 4) is 0 Å². The molecule has 1 N–H and O–H groups in total. The van der Waals surface area contributed by atoms with Crippen LogP contribution >= 0.6 is 0 Å². The second-order valence-electron chi connectivity index (χ2n) is 8.15. The van der Waals surface area contributed by atoms with Crippen LogP contribution in [0.25, 0.3) is 0 Å². The molecular weight excluding hydrogens is 397 g/mol. The quantitative estimate of drug-likeness (QED) is 0.650. The number of carbonyl (C=O) groups excluding carboxylic acids is 2. The Morgan fingerprint density at radius 3 is 2.39 bits per heavy atom. The Labute approximate surface area is 184 Å². The summed E-state index contributed by atoms with van der Waals surface area (Å²) < 4.78 is 18.6. The van der Waals surface area contributed by atoms with Crippen LogP contribution in [0.15, 0.2) is 42.5 Å². The Morgan fingerprint density at radius 2 is 1.81 bits per heavy atom. The third-order valence-electron chi connectivity index (χ3n) is 5.25. The summed E-state index contributed by atoms with van der Waals surface area (Å²) in [5, 5.41) is 2.81. The lowest BCUT2D eigenvalue weighted by Gasteiger charge is -2.33. The highest BCUT2D eigenvalue weighted by molar-refractivity contribution is 5.95. The summed E-state index contributed by atoms with van der Waals surface area (Å²) >= 11 is 0. The fourth-order valence-electron chi connectivity index (χ4n) is 3.29. The largest absolute Gasteiger partial charge is 0.377 e. The van der Waals surface area contributed by atoms with Crippen LogP contribution in [0, 0.1) is 11.7 Å². The predicted octanol–water partition coefficient (Wildman–Crippen LogP) is 4.16. The summed E-state index contributed by atoms with van der Waals surface area (Å²) in [6, 6.07) is 11.2. The summed E-state index contributed by atoms with van der Waals surface area (Å²) in [5.74, 6) is -0.738. The van der Waals surface area contributed by atoms with Crippen LogP contribution < -0.4 is 10.2 Å². The first-order chi connectivity index (χ1) is 14.6. The Bertz CT molecular complexity index is 915. The van der Waals surface area contributed by atoms with Gasteiger partial charge >= 0.3 is 0 Å². The van der Waals surface area contributed by atoms with E-state index in [1.54, 1.807) is 11.0 Å². The second kappa shape index (κ2) is 10.9. The van der Waals surface area contributed by atoms with Gasteiger partial charge in [-0.05, 0) is 54.8 Å². The van der Waals surface area contributed by atoms with Gasteiger partial charge in [0.15, 0.2) is 0 Å². The topological polar surface area (TPSA) is 61.9 Å². The molecule has 2 aromatic carbocycles. The van der Waals surface area contributed by atoms with Crippen molar-refractivity contribution in [2.75, 3.05) is 38.0 Å². The van der Waals surface area contributed by atoms with Gasteiger partial charge in [-0.1, -0.05) is 19.9 Å². The fraction of sp³-hybridized carbons (Fsp3) is 0.417. The van der Waals surface area contributed by atoms with E-state index in [1.165, 1.54) is 25.3 Å². The maximum Gasteiger partial charge on any atom is 0.254 e. The van der Waals surface area contributed by atoms with Crippen molar-refractivity contribution < 1.29 is 18.7 Å². The highest BCUT2D eigenvalue weighted by Crippen LogP contribution is 2.27. The highest BCUT2D eigenvalue weighted by atomic mass is 19.1. The van der Waals surface area contributed by atoms with Crippen molar-refractivity contribution in [1.82, 2.24) is 4.90 Å². The zero-order valence-corrected chi connectivity index (χ0v) is 19.1. The molecule has 2 amide bonds. The first-order valence-corrected chi connectivity index (χ1v) is 10.3. The molecule has 0 spiro atoms. The number of nitrogens with zero attached hydrogens (tertiary/aromatic N) is 2. The average molecular weight is 430 g/mol. The summed E-state index contributed by atoms with van der Waals surface area (Å²) in [6.07, 6.45) is 0. The average Bonchev–Trinajstić information content (AvgIpc) is 2.71. The van der Waals surface area contributed by atoms with Crippen LogP contribution in [0.2, 0.25) is 0 Å². The Balaban J connectivity index is 2.44. The van der Waals surface area contributed by atoms with Gasteiger partial charge in [-0.3, -0.25) is 9.59 Å². The standard InChI is InChI=1S/C24H32FN3O3/c1-16(2)17(3)28(24(30)18-8-7-9-20(25)12-18)14-19-13-21(26-23(29)15-31-6)10-11-22(19)27(4)5/h7-13,16-17H,14-15H2,1-6H3,(H,26,29)/t17-/m1/s1. The van der Waals surface area contributed by atoms with Crippen LogP contribution in [0.4, 0.5) is 15.8 Å². The summed E-state index contributed by atoms with van der Waals surface area (Å²) in [7, 11) is 5.31. The van der Waals surface area contributed by atoms with Gasteiger partial charge in [-0.25, -0.2) is 4.39 Å². The van der Waals surface area contributed by atoms with Gasteiger partial charge in [-0.15, -0.1) is 0 Å². The summed E-state index contributed by atoms with van der Waals surface area (Å²) in [6.45, 7) is 6.35. The first kappa shape index (κ1) is 24.3. The lowest BCUT2D eigenvalue weighted by molar-refractivity contribution is -0.119. The van der Waals surface area contributed by atoms with Crippen LogP contribution in [0.1, 0.15) is 36.7 Å². The second-order valence-corrected chi connectivity index (χ2v) is 8.15. The van der Waals surface area contributed by atoms with Crippen LogP contribution in [0.3, 0.4) is 0 Å². The van der Waals surface area contributed by atoms with Crippen molar-refractivity contribution in [3.63, 3.8) is 0 Å². The molecule has 0 saturated carbocycles. The number of benzene rings is 2. The van der Waals surface area contributed by atoms with Crippen molar-refractivity contribution in [2.24, 2.45) is 5.92 Å². The van der Waals surface area contributed by atoms with Crippen LogP contribution in [0.5, 0.6) is 0 Å². The van der Waals surface area contributed by atoms with E-state index < -0.39 is 5.82 Å². The Kier molecular flexibility index (Phi) is 8.56. The number of carbonyl (C=O) groups is 2. The molecule has 6 nitrogen and oxygen atoms in total. The molecule has 2 rings (SSSR count). The van der Waals surface area contributed by atoms with Crippen molar-refractivity contribution in [1.29, 1.82) is 0 Å². The molecular formula is C24H32FN3O3. The number of methoxy groups -OCH3 is 1. The molecule has 168 valence electrons. The van der Waals surface area contributed by atoms with E-state index in [1.807, 2.05) is 58.0 Å². The molecule has 31 heavy (non-hydrogen) atoms. The molecule has 0 unspecified atom stereocenters. The Morgan fingerprint density at radius 1 is 1.10 bits per heavy atom. The highest BCUT2D eigenvalue weighted by Gasteiger charge is 2.25. The number of hydrogen-bond acceptors (Lipinski definition) is 4. The molecule has 0 aliphatic heterocycles. The maximum atomic E-state index is 13.8. The van der Waals surface area contributed by atoms with Crippen LogP contribution in [-0.4, -0.2) is 50.6 Å². The molecule has 0 aromatic heterocycles. The SMILES string of the molecule is COCC(=O)Nc1ccc(N(C)C)c(CN(C(=O)c2cccc(F)c2)[C@H](C)C(C)C)c1. The number of halogens is 1. The fourth-order valence-corrected chi connectivity index (χ4v) is 3.29. The van der Waals surface area contributed by atoms with Crippen molar-refractivity contribution >= 4 is 23.2 Å². The number of nitrogens with one attached hydrogen (secondary N) is 1. The Hall–Kier alpha value is -2.93. The van der Waals surface area contributed by atoms with Gasteiger partial charge in [0, 0.05) is 50.7 Å². The summed E-state index contributed by atoms with van der Waals surface area (Å²) in [4.78, 5) is 29.0. The van der Waals surface area contributed by atoms with Gasteiger partial charge in [0.05, 0.1) is 0 Å². The van der Waals surface area contributed by atoms with Gasteiger partial charge in [-0.2, -0.15) is 0 Å². The lowest BCUT2D eigenvalue weighted by atomic mass is 10.0. The monoisotopic (exact) mass is 429 g/mol. The van der Waals surface area contributed by atoms with Gasteiger partial charge in [0.1, 0.15) is 12.4 Å². The molecule has 7 heteroatoms. The molecule has 0 aliphatic rings. The maximum absolute atomic E-state index is 13.8. The predicted molar refractivity (Wildman–Crippen MR) is 122 cm³/mol. The van der Waals surface area contributed by atoms with E-state index in [0.717, 1.165) is 11.3 Å². The van der Waals surface area contributed by atoms with Crippen molar-refractivity contribution in [2.45, 2.75) is 33.4 Å². The minimum absolute atomic E-state index is 0.0423. The van der Waals surface area contributed by atoms with E-state index in [2.05, 4.69) is 5.32 Å². The van der Waals surface area contributed by atoms with Crippen LogP contribution in [-0.2, 0) is 16.1 Å². The van der Waals surface area contributed by atoms with E-state index in [-0.39, 0.29) is 30.4 Å². The van der Waals surface area contributed by atoms with Crippen molar-refractivity contribution in [3.05, 3.63) is 59.4 Å². The van der Waals surface area contributed by atoms with E-state index in [0.29, 0.717) is 17.8 Å². The molecule has 2 aromatic rings. The molecule has 0 aliphatic carbocycles. The molecule has 0 saturated heterocycles. The lowest BCUT2D eigenvalue weighted by Crippen LogP contribution is -2.41. The van der Waals surface area contributed by atoms with Gasteiger partial charge in [0.2, 0.25) is 5.91 Å². The molecule has 0 bridgehead atoms. The number of ether oxygens (including phenoxy) is 1. The molecule has 1 atom stereocenters. The van der Waals surface area contributed by atoms with Gasteiger partial charge in [0.25, 0.3) is 5.91 Å². The molecule has 0 fully saturated rings. The zero-order chi connectivity index (χ0) is 23.1. The van der Waals surface area contributed by atoms with E-state index >= 15 is 0 Å². The smallest absolute Gasteiger partial charge is 0.254 e. The number of rotatable bonds is 9. The zero-order valence-electron chi connectivity index (χ0n) is 19.1. The van der Waals surface area contributed by atoms with E-state index in [4.69, 9.17) is 4.74 Å².